The van der Waals surface area contributed by atoms with Crippen LogP contribution in [0, 0.1) is 0 Å². The Hall–Kier alpha value is -3.06. The van der Waals surface area contributed by atoms with Crippen LogP contribution in [0.1, 0.15) is 23.0 Å². The van der Waals surface area contributed by atoms with E-state index in [9.17, 15) is 9.59 Å². The molecule has 0 radical (unpaired) electrons. The summed E-state index contributed by atoms with van der Waals surface area (Å²) in [6.07, 6.45) is 3.63. The van der Waals surface area contributed by atoms with Crippen LogP contribution >= 0.6 is 11.3 Å². The molecule has 2 heterocycles. The third-order valence-electron chi connectivity index (χ3n) is 4.03. The van der Waals surface area contributed by atoms with Crippen molar-refractivity contribution >= 4 is 28.9 Å². The Bertz CT molecular complexity index is 912. The molecule has 138 valence electrons. The SMILES string of the molecule is CCC(C(=O)OC)N(C(=O)c1cnc(-c2ccccn2)s1)c1ccccc1. The van der Waals surface area contributed by atoms with E-state index in [0.29, 0.717) is 27.7 Å². The number of carbonyl (C=O) groups excluding carboxylic acids is 2. The molecule has 7 heteroatoms. The van der Waals surface area contributed by atoms with Crippen LogP contribution in [0.15, 0.2) is 60.9 Å². The molecule has 6 nitrogen and oxygen atoms in total. The molecular weight excluding hydrogens is 362 g/mol. The van der Waals surface area contributed by atoms with Crippen LogP contribution in [0.3, 0.4) is 0 Å². The van der Waals surface area contributed by atoms with E-state index in [-0.39, 0.29) is 5.91 Å². The lowest BCUT2D eigenvalue weighted by atomic mass is 10.1. The number of amides is 1. The summed E-state index contributed by atoms with van der Waals surface area (Å²) in [4.78, 5) is 36.1. The standard InChI is InChI=1S/C20H19N3O3S/c1-3-16(20(25)26-2)23(14-9-5-4-6-10-14)19(24)17-13-22-18(27-17)15-11-7-8-12-21-15/h4-13,16H,3H2,1-2H3. The molecule has 0 spiro atoms. The van der Waals surface area contributed by atoms with Gasteiger partial charge in [0.25, 0.3) is 5.91 Å². The van der Waals surface area contributed by atoms with Gasteiger partial charge in [0.05, 0.1) is 19.0 Å². The lowest BCUT2D eigenvalue weighted by molar-refractivity contribution is -0.142. The number of benzene rings is 1. The number of aromatic nitrogens is 2. The molecule has 3 aromatic rings. The number of nitrogens with zero attached hydrogens (tertiary/aromatic N) is 3. The zero-order chi connectivity index (χ0) is 19.2. The number of hydrogen-bond donors (Lipinski definition) is 0. The van der Waals surface area contributed by atoms with E-state index in [1.54, 1.807) is 18.3 Å². The molecule has 1 atom stereocenters. The summed E-state index contributed by atoms with van der Waals surface area (Å²) in [5.41, 5.74) is 1.33. The molecule has 0 aliphatic rings. The minimum absolute atomic E-state index is 0.293. The van der Waals surface area contributed by atoms with Crippen molar-refractivity contribution < 1.29 is 14.3 Å². The first-order chi connectivity index (χ1) is 13.2. The molecule has 0 saturated carbocycles. The third-order valence-corrected chi connectivity index (χ3v) is 5.03. The van der Waals surface area contributed by atoms with E-state index in [4.69, 9.17) is 4.74 Å². The number of pyridine rings is 1. The van der Waals surface area contributed by atoms with Crippen molar-refractivity contribution in [2.75, 3.05) is 12.0 Å². The van der Waals surface area contributed by atoms with Crippen molar-refractivity contribution in [2.24, 2.45) is 0 Å². The smallest absolute Gasteiger partial charge is 0.328 e. The Labute approximate surface area is 161 Å². The van der Waals surface area contributed by atoms with Gasteiger partial charge in [-0.2, -0.15) is 0 Å². The Morgan fingerprint density at radius 2 is 1.85 bits per heavy atom. The minimum Gasteiger partial charge on any atom is -0.467 e. The summed E-state index contributed by atoms with van der Waals surface area (Å²) >= 11 is 1.25. The van der Waals surface area contributed by atoms with E-state index in [1.165, 1.54) is 29.5 Å². The first kappa shape index (κ1) is 18.7. The maximum atomic E-state index is 13.3. The second kappa shape index (κ2) is 8.55. The van der Waals surface area contributed by atoms with Crippen LogP contribution in [-0.4, -0.2) is 35.0 Å². The molecule has 1 aromatic carbocycles. The van der Waals surface area contributed by atoms with E-state index in [0.717, 1.165) is 0 Å². The van der Waals surface area contributed by atoms with Crippen LogP contribution in [0.25, 0.3) is 10.7 Å². The monoisotopic (exact) mass is 381 g/mol. The third kappa shape index (κ3) is 4.03. The maximum Gasteiger partial charge on any atom is 0.328 e. The van der Waals surface area contributed by atoms with Crippen molar-refractivity contribution in [3.8, 4) is 10.7 Å². The first-order valence-electron chi connectivity index (χ1n) is 8.49. The van der Waals surface area contributed by atoms with E-state index < -0.39 is 12.0 Å². The average molecular weight is 381 g/mol. The molecular formula is C20H19N3O3S. The van der Waals surface area contributed by atoms with Gasteiger partial charge in [0.15, 0.2) is 0 Å². The summed E-state index contributed by atoms with van der Waals surface area (Å²) < 4.78 is 4.91. The van der Waals surface area contributed by atoms with Crippen molar-refractivity contribution in [1.82, 2.24) is 9.97 Å². The molecule has 1 amide bonds. The Morgan fingerprint density at radius 3 is 2.48 bits per heavy atom. The van der Waals surface area contributed by atoms with Gasteiger partial charge in [-0.15, -0.1) is 11.3 Å². The van der Waals surface area contributed by atoms with Gasteiger partial charge in [-0.3, -0.25) is 14.7 Å². The lowest BCUT2D eigenvalue weighted by Gasteiger charge is -2.28. The highest BCUT2D eigenvalue weighted by Gasteiger charge is 2.32. The fourth-order valence-corrected chi connectivity index (χ4v) is 3.55. The van der Waals surface area contributed by atoms with E-state index in [1.807, 2.05) is 43.3 Å². The van der Waals surface area contributed by atoms with Gasteiger partial charge in [-0.25, -0.2) is 9.78 Å². The summed E-state index contributed by atoms with van der Waals surface area (Å²) in [5.74, 6) is -0.748. The van der Waals surface area contributed by atoms with Crippen LogP contribution in [0.5, 0.6) is 0 Å². The highest BCUT2D eigenvalue weighted by Crippen LogP contribution is 2.28. The van der Waals surface area contributed by atoms with Crippen molar-refractivity contribution in [3.05, 3.63) is 65.8 Å². The number of thiazole rings is 1. The van der Waals surface area contributed by atoms with Gasteiger partial charge in [-0.1, -0.05) is 31.2 Å². The highest BCUT2D eigenvalue weighted by atomic mass is 32.1. The second-order valence-electron chi connectivity index (χ2n) is 5.70. The molecule has 0 bridgehead atoms. The first-order valence-corrected chi connectivity index (χ1v) is 9.31. The van der Waals surface area contributed by atoms with Crippen LogP contribution in [-0.2, 0) is 9.53 Å². The molecule has 0 N–H and O–H groups in total. The molecule has 2 aromatic heterocycles. The predicted molar refractivity (Wildman–Crippen MR) is 105 cm³/mol. The quantitative estimate of drug-likeness (QED) is 0.607. The van der Waals surface area contributed by atoms with Crippen LogP contribution in [0.2, 0.25) is 0 Å². The maximum absolute atomic E-state index is 13.3. The zero-order valence-electron chi connectivity index (χ0n) is 15.0. The fourth-order valence-electron chi connectivity index (χ4n) is 2.72. The number of carbonyl (C=O) groups is 2. The number of anilines is 1. The molecule has 0 saturated heterocycles. The fraction of sp³-hybridized carbons (Fsp3) is 0.200. The lowest BCUT2D eigenvalue weighted by Crippen LogP contribution is -2.45. The Kier molecular flexibility index (Phi) is 5.93. The Balaban J connectivity index is 1.98. The normalized spacial score (nSPS) is 11.6. The number of rotatable bonds is 6. The largest absolute Gasteiger partial charge is 0.467 e. The van der Waals surface area contributed by atoms with Gasteiger partial charge >= 0.3 is 5.97 Å². The summed E-state index contributed by atoms with van der Waals surface area (Å²) in [5, 5.41) is 0.651. The molecule has 0 aliphatic heterocycles. The Morgan fingerprint density at radius 1 is 1.11 bits per heavy atom. The van der Waals surface area contributed by atoms with Gasteiger partial charge in [-0.05, 0) is 30.7 Å². The topological polar surface area (TPSA) is 72.4 Å². The molecule has 27 heavy (non-hydrogen) atoms. The molecule has 3 rings (SSSR count). The summed E-state index contributed by atoms with van der Waals surface area (Å²) in [7, 11) is 1.32. The van der Waals surface area contributed by atoms with Crippen molar-refractivity contribution in [3.63, 3.8) is 0 Å². The number of hydrogen-bond acceptors (Lipinski definition) is 6. The van der Waals surface area contributed by atoms with Crippen molar-refractivity contribution in [1.29, 1.82) is 0 Å². The van der Waals surface area contributed by atoms with Gasteiger partial charge in [0.2, 0.25) is 0 Å². The predicted octanol–water partition coefficient (Wildman–Crippen LogP) is 3.80. The van der Waals surface area contributed by atoms with Crippen LogP contribution in [0.4, 0.5) is 5.69 Å². The highest BCUT2D eigenvalue weighted by molar-refractivity contribution is 7.17. The number of ether oxygens (including phenoxy) is 1. The van der Waals surface area contributed by atoms with Crippen molar-refractivity contribution in [2.45, 2.75) is 19.4 Å². The van der Waals surface area contributed by atoms with Crippen LogP contribution < -0.4 is 4.90 Å². The molecule has 0 fully saturated rings. The number of esters is 1. The van der Waals surface area contributed by atoms with E-state index >= 15 is 0 Å². The van der Waals surface area contributed by atoms with Gasteiger partial charge in [0.1, 0.15) is 15.9 Å². The second-order valence-corrected chi connectivity index (χ2v) is 6.73. The van der Waals surface area contributed by atoms with E-state index in [2.05, 4.69) is 9.97 Å². The zero-order valence-corrected chi connectivity index (χ0v) is 15.8. The number of methoxy groups -OCH3 is 1. The van der Waals surface area contributed by atoms with Gasteiger partial charge < -0.3 is 4.74 Å². The average Bonchev–Trinajstić information content (AvgIpc) is 3.22. The molecule has 0 aliphatic carbocycles. The number of para-hydroxylation sites is 1. The summed E-state index contributed by atoms with van der Waals surface area (Å²) in [6.45, 7) is 1.84. The molecule has 1 unspecified atom stereocenters. The minimum atomic E-state index is -0.717. The summed E-state index contributed by atoms with van der Waals surface area (Å²) in [6, 6.07) is 13.9. The van der Waals surface area contributed by atoms with Gasteiger partial charge in [0, 0.05) is 11.9 Å².